The van der Waals surface area contributed by atoms with E-state index in [1.165, 1.54) is 25.3 Å². The molecular weight excluding hydrogens is 427 g/mol. The van der Waals surface area contributed by atoms with Gasteiger partial charge < -0.3 is 10.1 Å². The Bertz CT molecular complexity index is 1070. The lowest BCUT2D eigenvalue weighted by Crippen LogP contribution is -2.39. The molecule has 0 aliphatic rings. The van der Waals surface area contributed by atoms with Gasteiger partial charge in [-0.1, -0.05) is 25.1 Å². The Morgan fingerprint density at radius 2 is 1.90 bits per heavy atom. The zero-order chi connectivity index (χ0) is 21.6. The summed E-state index contributed by atoms with van der Waals surface area (Å²) in [5.74, 6) is 0.811. The number of hydrogen-bond acceptors (Lipinski definition) is 7. The SMILES string of the molecule is CCC(CNc1nc(Cc2ccccc2F)ns1)NS(=O)(=O)c1ccc(OC)cc1. The summed E-state index contributed by atoms with van der Waals surface area (Å²) in [5.41, 5.74) is 0.528. The van der Waals surface area contributed by atoms with E-state index >= 15 is 0 Å². The topological polar surface area (TPSA) is 93.2 Å². The molecule has 1 heterocycles. The minimum atomic E-state index is -3.66. The maximum absolute atomic E-state index is 13.8. The van der Waals surface area contributed by atoms with E-state index in [-0.39, 0.29) is 16.8 Å². The molecule has 0 radical (unpaired) electrons. The van der Waals surface area contributed by atoms with Gasteiger partial charge in [0.15, 0.2) is 0 Å². The quantitative estimate of drug-likeness (QED) is 0.492. The van der Waals surface area contributed by atoms with Gasteiger partial charge in [0.05, 0.1) is 12.0 Å². The number of halogens is 1. The summed E-state index contributed by atoms with van der Waals surface area (Å²) in [6, 6.07) is 12.4. The van der Waals surface area contributed by atoms with E-state index < -0.39 is 10.0 Å². The summed E-state index contributed by atoms with van der Waals surface area (Å²) in [6.07, 6.45) is 0.884. The van der Waals surface area contributed by atoms with E-state index in [4.69, 9.17) is 4.74 Å². The standard InChI is InChI=1S/C20H23FN4O3S2/c1-3-15(25-30(26,27)17-10-8-16(28-2)9-11-17)13-22-20-23-19(24-29-20)12-14-6-4-5-7-18(14)21/h4-11,15,25H,3,12-13H2,1-2H3,(H,22,23,24). The van der Waals surface area contributed by atoms with Crippen LogP contribution in [-0.4, -0.2) is 37.5 Å². The fraction of sp³-hybridized carbons (Fsp3) is 0.300. The highest BCUT2D eigenvalue weighted by atomic mass is 32.2. The minimum absolute atomic E-state index is 0.171. The van der Waals surface area contributed by atoms with Crippen molar-refractivity contribution in [3.8, 4) is 5.75 Å². The smallest absolute Gasteiger partial charge is 0.240 e. The molecule has 0 bridgehead atoms. The summed E-state index contributed by atoms with van der Waals surface area (Å²) >= 11 is 1.16. The normalized spacial score (nSPS) is 12.5. The Hall–Kier alpha value is -2.56. The van der Waals surface area contributed by atoms with Crippen LogP contribution < -0.4 is 14.8 Å². The van der Waals surface area contributed by atoms with E-state index in [1.807, 2.05) is 6.92 Å². The molecule has 7 nitrogen and oxygen atoms in total. The van der Waals surface area contributed by atoms with Crippen LogP contribution in [0, 0.1) is 5.82 Å². The Balaban J connectivity index is 1.58. The molecular formula is C20H23FN4O3S2. The highest BCUT2D eigenvalue weighted by molar-refractivity contribution is 7.89. The first-order chi connectivity index (χ1) is 14.4. The second-order valence-corrected chi connectivity index (χ2v) is 9.03. The molecule has 10 heteroatoms. The molecule has 0 aliphatic heterocycles. The van der Waals surface area contributed by atoms with Crippen molar-refractivity contribution in [3.63, 3.8) is 0 Å². The molecule has 160 valence electrons. The Labute approximate surface area is 179 Å². The monoisotopic (exact) mass is 450 g/mol. The van der Waals surface area contributed by atoms with Crippen LogP contribution >= 0.6 is 11.5 Å². The molecule has 0 aliphatic carbocycles. The number of aromatic nitrogens is 2. The summed E-state index contributed by atoms with van der Waals surface area (Å²) in [6.45, 7) is 2.24. The molecule has 0 spiro atoms. The molecule has 3 rings (SSSR count). The van der Waals surface area contributed by atoms with Crippen LogP contribution in [-0.2, 0) is 16.4 Å². The Kier molecular flexibility index (Phi) is 7.35. The zero-order valence-corrected chi connectivity index (χ0v) is 18.3. The molecule has 2 aromatic carbocycles. The van der Waals surface area contributed by atoms with Crippen LogP contribution in [0.2, 0.25) is 0 Å². The number of sulfonamides is 1. The summed E-state index contributed by atoms with van der Waals surface area (Å²) in [5, 5.41) is 3.67. The van der Waals surface area contributed by atoms with Crippen LogP contribution in [0.1, 0.15) is 24.7 Å². The van der Waals surface area contributed by atoms with Gasteiger partial charge in [-0.15, -0.1) is 0 Å². The molecule has 1 atom stereocenters. The lowest BCUT2D eigenvalue weighted by molar-refractivity contribution is 0.414. The number of methoxy groups -OCH3 is 1. The first-order valence-corrected chi connectivity index (χ1v) is 11.6. The molecule has 1 unspecified atom stereocenters. The van der Waals surface area contributed by atoms with Crippen molar-refractivity contribution in [1.29, 1.82) is 0 Å². The van der Waals surface area contributed by atoms with E-state index in [0.29, 0.717) is 41.7 Å². The molecule has 2 N–H and O–H groups in total. The first-order valence-electron chi connectivity index (χ1n) is 9.37. The predicted octanol–water partition coefficient (Wildman–Crippen LogP) is 3.45. The number of nitrogens with zero attached hydrogens (tertiary/aromatic N) is 2. The van der Waals surface area contributed by atoms with Gasteiger partial charge in [-0.2, -0.15) is 4.37 Å². The number of benzene rings is 2. The van der Waals surface area contributed by atoms with Crippen LogP contribution in [0.4, 0.5) is 9.52 Å². The molecule has 0 amide bonds. The third-order valence-corrected chi connectivity index (χ3v) is 6.71. The van der Waals surface area contributed by atoms with Gasteiger partial charge in [-0.05, 0) is 42.3 Å². The molecule has 0 fully saturated rings. The summed E-state index contributed by atoms with van der Waals surface area (Å²) in [7, 11) is -2.14. The lowest BCUT2D eigenvalue weighted by atomic mass is 10.1. The van der Waals surface area contributed by atoms with Crippen LogP contribution in [0.25, 0.3) is 0 Å². The van der Waals surface area contributed by atoms with Crippen molar-refractivity contribution >= 4 is 26.7 Å². The van der Waals surface area contributed by atoms with Crippen LogP contribution in [0.5, 0.6) is 5.75 Å². The van der Waals surface area contributed by atoms with Crippen LogP contribution in [0.3, 0.4) is 0 Å². The second kappa shape index (κ2) is 9.96. The summed E-state index contributed by atoms with van der Waals surface area (Å²) in [4.78, 5) is 4.54. The average Bonchev–Trinajstić information content (AvgIpc) is 3.20. The second-order valence-electron chi connectivity index (χ2n) is 6.57. The van der Waals surface area contributed by atoms with E-state index in [1.54, 1.807) is 30.3 Å². The van der Waals surface area contributed by atoms with Crippen molar-refractivity contribution in [2.24, 2.45) is 0 Å². The zero-order valence-electron chi connectivity index (χ0n) is 16.6. The van der Waals surface area contributed by atoms with Crippen molar-refractivity contribution in [3.05, 3.63) is 65.7 Å². The van der Waals surface area contributed by atoms with Crippen molar-refractivity contribution in [2.45, 2.75) is 30.7 Å². The van der Waals surface area contributed by atoms with Gasteiger partial charge in [-0.3, -0.25) is 0 Å². The molecule has 1 aromatic heterocycles. The minimum Gasteiger partial charge on any atom is -0.497 e. The van der Waals surface area contributed by atoms with Crippen molar-refractivity contribution in [1.82, 2.24) is 14.1 Å². The Morgan fingerprint density at radius 3 is 2.57 bits per heavy atom. The van der Waals surface area contributed by atoms with E-state index in [0.717, 1.165) is 11.5 Å². The summed E-state index contributed by atoms with van der Waals surface area (Å²) < 4.78 is 51.0. The van der Waals surface area contributed by atoms with Gasteiger partial charge in [0.1, 0.15) is 17.4 Å². The highest BCUT2D eigenvalue weighted by Crippen LogP contribution is 2.18. The fourth-order valence-corrected chi connectivity index (χ4v) is 4.64. The first kappa shape index (κ1) is 22.1. The van der Waals surface area contributed by atoms with Gasteiger partial charge in [0.25, 0.3) is 0 Å². The number of ether oxygens (including phenoxy) is 1. The Morgan fingerprint density at radius 1 is 1.17 bits per heavy atom. The van der Waals surface area contributed by atoms with E-state index in [2.05, 4.69) is 19.4 Å². The third-order valence-electron chi connectivity index (χ3n) is 4.46. The highest BCUT2D eigenvalue weighted by Gasteiger charge is 2.19. The van der Waals surface area contributed by atoms with Gasteiger partial charge in [0, 0.05) is 30.5 Å². The maximum Gasteiger partial charge on any atom is 0.240 e. The van der Waals surface area contributed by atoms with Gasteiger partial charge in [0.2, 0.25) is 15.2 Å². The molecule has 30 heavy (non-hydrogen) atoms. The van der Waals surface area contributed by atoms with Crippen LogP contribution in [0.15, 0.2) is 53.4 Å². The molecule has 3 aromatic rings. The van der Waals surface area contributed by atoms with E-state index in [9.17, 15) is 12.8 Å². The number of nitrogens with one attached hydrogen (secondary N) is 2. The fourth-order valence-electron chi connectivity index (χ4n) is 2.73. The third kappa shape index (κ3) is 5.74. The largest absolute Gasteiger partial charge is 0.497 e. The average molecular weight is 451 g/mol. The van der Waals surface area contributed by atoms with Crippen molar-refractivity contribution in [2.75, 3.05) is 19.0 Å². The lowest BCUT2D eigenvalue weighted by Gasteiger charge is -2.17. The molecule has 0 saturated carbocycles. The number of anilines is 1. The van der Waals surface area contributed by atoms with Crippen molar-refractivity contribution < 1.29 is 17.5 Å². The number of rotatable bonds is 10. The maximum atomic E-state index is 13.8. The molecule has 0 saturated heterocycles. The van der Waals surface area contributed by atoms with Gasteiger partial charge in [-0.25, -0.2) is 22.5 Å². The van der Waals surface area contributed by atoms with Gasteiger partial charge >= 0.3 is 0 Å². The predicted molar refractivity (Wildman–Crippen MR) is 115 cm³/mol. The number of hydrogen-bond donors (Lipinski definition) is 2.